The van der Waals surface area contributed by atoms with Gasteiger partial charge in [0.05, 0.1) is 0 Å². The van der Waals surface area contributed by atoms with Crippen LogP contribution in [-0.4, -0.2) is 25.8 Å². The first kappa shape index (κ1) is 9.81. The van der Waals surface area contributed by atoms with Gasteiger partial charge in [-0.2, -0.15) is 0 Å². The van der Waals surface area contributed by atoms with Crippen molar-refractivity contribution in [3.05, 3.63) is 11.6 Å². The Labute approximate surface area is 93.5 Å². The Hall–Kier alpha value is -1.39. The highest BCUT2D eigenvalue weighted by atomic mass is 16.4. The van der Waals surface area contributed by atoms with E-state index in [1.807, 2.05) is 0 Å². The van der Waals surface area contributed by atoms with Gasteiger partial charge >= 0.3 is 5.97 Å². The van der Waals surface area contributed by atoms with E-state index in [4.69, 9.17) is 5.11 Å². The first-order chi connectivity index (χ1) is 7.74. The van der Waals surface area contributed by atoms with Crippen LogP contribution < -0.4 is 0 Å². The van der Waals surface area contributed by atoms with Gasteiger partial charge in [-0.15, -0.1) is 10.2 Å². The van der Waals surface area contributed by atoms with Gasteiger partial charge in [0, 0.05) is 25.3 Å². The third-order valence-electron chi connectivity index (χ3n) is 3.48. The molecule has 16 heavy (non-hydrogen) atoms. The molecule has 2 heterocycles. The second-order valence-corrected chi connectivity index (χ2v) is 4.86. The molecule has 1 atom stereocenters. The summed E-state index contributed by atoms with van der Waals surface area (Å²) in [5.41, 5.74) is 0. The Morgan fingerprint density at radius 2 is 2.19 bits per heavy atom. The first-order valence-electron chi connectivity index (χ1n) is 5.88. The standard InChI is InChI=1S/C11H15N3O2/c15-10(16)5-7-1-4-9-12-13-11(8-2-3-8)14(9)6-7/h7-8H,1-6H2,(H,15,16). The summed E-state index contributed by atoms with van der Waals surface area (Å²) < 4.78 is 2.16. The van der Waals surface area contributed by atoms with E-state index >= 15 is 0 Å². The van der Waals surface area contributed by atoms with E-state index in [0.717, 1.165) is 31.0 Å². The predicted molar refractivity (Wildman–Crippen MR) is 56.1 cm³/mol. The summed E-state index contributed by atoms with van der Waals surface area (Å²) >= 11 is 0. The maximum atomic E-state index is 10.7. The fourth-order valence-electron chi connectivity index (χ4n) is 2.47. The smallest absolute Gasteiger partial charge is 0.303 e. The molecule has 3 rings (SSSR count). The number of aromatic nitrogens is 3. The summed E-state index contributed by atoms with van der Waals surface area (Å²) in [6.07, 6.45) is 4.48. The third kappa shape index (κ3) is 1.70. The summed E-state index contributed by atoms with van der Waals surface area (Å²) in [5, 5.41) is 17.3. The molecule has 0 bridgehead atoms. The molecule has 1 aliphatic heterocycles. The van der Waals surface area contributed by atoms with Crippen LogP contribution in [0.15, 0.2) is 0 Å². The molecule has 0 spiro atoms. The molecule has 0 amide bonds. The molecule has 1 aliphatic carbocycles. The molecule has 0 radical (unpaired) electrons. The molecule has 1 unspecified atom stereocenters. The molecular formula is C11H15N3O2. The van der Waals surface area contributed by atoms with Gasteiger partial charge in [-0.1, -0.05) is 0 Å². The zero-order valence-corrected chi connectivity index (χ0v) is 9.09. The van der Waals surface area contributed by atoms with Crippen molar-refractivity contribution in [3.63, 3.8) is 0 Å². The highest BCUT2D eigenvalue weighted by molar-refractivity contribution is 5.67. The Bertz CT molecular complexity index is 423. The summed E-state index contributed by atoms with van der Waals surface area (Å²) in [5.74, 6) is 2.27. The van der Waals surface area contributed by atoms with Gasteiger partial charge < -0.3 is 9.67 Å². The number of carboxylic acid groups (broad SMARTS) is 1. The maximum absolute atomic E-state index is 10.7. The van der Waals surface area contributed by atoms with Crippen molar-refractivity contribution >= 4 is 5.97 Å². The van der Waals surface area contributed by atoms with Crippen LogP contribution in [0, 0.1) is 5.92 Å². The quantitative estimate of drug-likeness (QED) is 0.832. The first-order valence-corrected chi connectivity index (χ1v) is 5.88. The number of hydrogen-bond acceptors (Lipinski definition) is 3. The fraction of sp³-hybridized carbons (Fsp3) is 0.727. The van der Waals surface area contributed by atoms with Gasteiger partial charge in [-0.05, 0) is 25.2 Å². The van der Waals surface area contributed by atoms with E-state index in [-0.39, 0.29) is 12.3 Å². The van der Waals surface area contributed by atoms with E-state index in [1.165, 1.54) is 12.8 Å². The number of nitrogens with zero attached hydrogens (tertiary/aromatic N) is 3. The van der Waals surface area contributed by atoms with Crippen LogP contribution >= 0.6 is 0 Å². The second-order valence-electron chi connectivity index (χ2n) is 4.86. The second kappa shape index (κ2) is 3.57. The van der Waals surface area contributed by atoms with E-state index < -0.39 is 5.97 Å². The summed E-state index contributed by atoms with van der Waals surface area (Å²) in [6.45, 7) is 0.792. The summed E-state index contributed by atoms with van der Waals surface area (Å²) in [7, 11) is 0. The Kier molecular flexibility index (Phi) is 2.19. The Morgan fingerprint density at radius 1 is 1.38 bits per heavy atom. The van der Waals surface area contributed by atoms with Gasteiger partial charge in [0.2, 0.25) is 0 Å². The lowest BCUT2D eigenvalue weighted by Crippen LogP contribution is -2.23. The molecule has 0 saturated heterocycles. The zero-order valence-electron chi connectivity index (χ0n) is 9.09. The topological polar surface area (TPSA) is 68.0 Å². The number of aryl methyl sites for hydroxylation is 1. The van der Waals surface area contributed by atoms with Gasteiger partial charge in [0.15, 0.2) is 0 Å². The molecule has 1 aromatic heterocycles. The van der Waals surface area contributed by atoms with Crippen LogP contribution in [0.4, 0.5) is 0 Å². The number of hydrogen-bond donors (Lipinski definition) is 1. The minimum atomic E-state index is -0.700. The molecular weight excluding hydrogens is 206 g/mol. The van der Waals surface area contributed by atoms with E-state index in [2.05, 4.69) is 14.8 Å². The Morgan fingerprint density at radius 3 is 2.88 bits per heavy atom. The number of aliphatic carboxylic acids is 1. The van der Waals surface area contributed by atoms with Crippen LogP contribution in [0.3, 0.4) is 0 Å². The van der Waals surface area contributed by atoms with E-state index in [9.17, 15) is 4.79 Å². The van der Waals surface area contributed by atoms with Crippen LogP contribution in [0.25, 0.3) is 0 Å². The molecule has 1 aromatic rings. The van der Waals surface area contributed by atoms with Crippen molar-refractivity contribution in [1.82, 2.24) is 14.8 Å². The molecule has 1 fully saturated rings. The molecule has 1 saturated carbocycles. The number of carboxylic acids is 1. The van der Waals surface area contributed by atoms with Crippen LogP contribution in [0.1, 0.15) is 43.3 Å². The lowest BCUT2D eigenvalue weighted by molar-refractivity contribution is -0.138. The molecule has 0 aromatic carbocycles. The Balaban J connectivity index is 1.80. The number of fused-ring (bicyclic) bond motifs is 1. The van der Waals surface area contributed by atoms with Gasteiger partial charge in [0.25, 0.3) is 0 Å². The lowest BCUT2D eigenvalue weighted by atomic mass is 9.96. The normalized spacial score (nSPS) is 24.1. The number of carbonyl (C=O) groups is 1. The molecule has 5 heteroatoms. The van der Waals surface area contributed by atoms with Crippen LogP contribution in [-0.2, 0) is 17.8 Å². The van der Waals surface area contributed by atoms with Gasteiger partial charge in [-0.25, -0.2) is 0 Å². The lowest BCUT2D eigenvalue weighted by Gasteiger charge is -2.22. The average Bonchev–Trinajstić information content (AvgIpc) is 2.98. The minimum Gasteiger partial charge on any atom is -0.481 e. The van der Waals surface area contributed by atoms with Crippen molar-refractivity contribution in [2.75, 3.05) is 0 Å². The fourth-order valence-corrected chi connectivity index (χ4v) is 2.47. The van der Waals surface area contributed by atoms with E-state index in [0.29, 0.717) is 5.92 Å². The molecule has 86 valence electrons. The van der Waals surface area contributed by atoms with Crippen molar-refractivity contribution in [2.45, 2.75) is 44.6 Å². The summed E-state index contributed by atoms with van der Waals surface area (Å²) in [4.78, 5) is 10.7. The molecule has 2 aliphatic rings. The highest BCUT2D eigenvalue weighted by Gasteiger charge is 2.32. The van der Waals surface area contributed by atoms with Gasteiger partial charge in [-0.3, -0.25) is 4.79 Å². The van der Waals surface area contributed by atoms with Crippen LogP contribution in [0.5, 0.6) is 0 Å². The number of rotatable bonds is 3. The van der Waals surface area contributed by atoms with Crippen molar-refractivity contribution < 1.29 is 9.90 Å². The van der Waals surface area contributed by atoms with Crippen LogP contribution in [0.2, 0.25) is 0 Å². The van der Waals surface area contributed by atoms with Crippen molar-refractivity contribution in [3.8, 4) is 0 Å². The maximum Gasteiger partial charge on any atom is 0.303 e. The highest BCUT2D eigenvalue weighted by Crippen LogP contribution is 2.40. The minimum absolute atomic E-state index is 0.249. The molecule has 5 nitrogen and oxygen atoms in total. The van der Waals surface area contributed by atoms with Crippen molar-refractivity contribution in [1.29, 1.82) is 0 Å². The SMILES string of the molecule is O=C(O)CC1CCc2nnc(C3CC3)n2C1. The van der Waals surface area contributed by atoms with Gasteiger partial charge in [0.1, 0.15) is 11.6 Å². The third-order valence-corrected chi connectivity index (χ3v) is 3.48. The van der Waals surface area contributed by atoms with E-state index in [1.54, 1.807) is 0 Å². The average molecular weight is 221 g/mol. The van der Waals surface area contributed by atoms with Crippen molar-refractivity contribution in [2.24, 2.45) is 5.92 Å². The monoisotopic (exact) mass is 221 g/mol. The zero-order chi connectivity index (χ0) is 11.1. The summed E-state index contributed by atoms with van der Waals surface area (Å²) in [6, 6.07) is 0. The largest absolute Gasteiger partial charge is 0.481 e. The molecule has 1 N–H and O–H groups in total. The predicted octanol–water partition coefficient (Wildman–Crippen LogP) is 1.19.